The fourth-order valence-electron chi connectivity index (χ4n) is 2.04. The molecule has 0 fully saturated rings. The number of esters is 2. The molecule has 25 heavy (non-hydrogen) atoms. The van der Waals surface area contributed by atoms with E-state index in [4.69, 9.17) is 25.8 Å². The predicted molar refractivity (Wildman–Crippen MR) is 94.2 cm³/mol. The lowest BCUT2D eigenvalue weighted by molar-refractivity contribution is 0.0424. The van der Waals surface area contributed by atoms with Gasteiger partial charge in [-0.25, -0.2) is 9.59 Å². The maximum Gasteiger partial charge on any atom is 0.339 e. The van der Waals surface area contributed by atoms with Gasteiger partial charge < -0.3 is 14.2 Å². The fraction of sp³-hybridized carbons (Fsp3) is 0.263. The molecule has 0 aliphatic rings. The van der Waals surface area contributed by atoms with E-state index in [0.717, 1.165) is 0 Å². The Bertz CT molecular complexity index is 729. The van der Waals surface area contributed by atoms with Crippen LogP contribution in [0.25, 0.3) is 0 Å². The highest BCUT2D eigenvalue weighted by molar-refractivity contribution is 6.32. The van der Waals surface area contributed by atoms with Gasteiger partial charge in [0.25, 0.3) is 0 Å². The zero-order valence-corrected chi connectivity index (χ0v) is 14.6. The Labute approximate surface area is 151 Å². The Morgan fingerprint density at radius 2 is 1.40 bits per heavy atom. The Balaban J connectivity index is 1.90. The molecule has 0 saturated carbocycles. The van der Waals surface area contributed by atoms with Gasteiger partial charge in [0.2, 0.25) is 0 Å². The summed E-state index contributed by atoms with van der Waals surface area (Å²) in [5.74, 6) is -0.628. The van der Waals surface area contributed by atoms with Crippen LogP contribution in [0, 0.1) is 0 Å². The van der Waals surface area contributed by atoms with Gasteiger partial charge in [0.1, 0.15) is 19.0 Å². The molecule has 5 nitrogen and oxygen atoms in total. The quantitative estimate of drug-likeness (QED) is 0.521. The van der Waals surface area contributed by atoms with Gasteiger partial charge in [-0.1, -0.05) is 42.8 Å². The fourth-order valence-corrected chi connectivity index (χ4v) is 2.23. The predicted octanol–water partition coefficient (Wildman–Crippen LogP) is 4.14. The lowest BCUT2D eigenvalue weighted by Gasteiger charge is -2.10. The smallest absolute Gasteiger partial charge is 0.339 e. The Hall–Kier alpha value is -2.53. The van der Waals surface area contributed by atoms with Crippen LogP contribution in [-0.4, -0.2) is 31.8 Å². The molecule has 132 valence electrons. The number of rotatable bonds is 8. The first-order valence-electron chi connectivity index (χ1n) is 7.94. The number of carbonyl (C=O) groups is 2. The highest BCUT2D eigenvalue weighted by Crippen LogP contribution is 2.22. The van der Waals surface area contributed by atoms with E-state index in [2.05, 4.69) is 0 Å². The van der Waals surface area contributed by atoms with Crippen LogP contribution >= 0.6 is 11.6 Å². The third-order valence-corrected chi connectivity index (χ3v) is 3.53. The van der Waals surface area contributed by atoms with Crippen LogP contribution in [0.4, 0.5) is 0 Å². The van der Waals surface area contributed by atoms with Gasteiger partial charge in [0.05, 0.1) is 22.8 Å². The molecule has 0 bridgehead atoms. The largest absolute Gasteiger partial charge is 0.488 e. The molecule has 0 heterocycles. The lowest BCUT2D eigenvalue weighted by Crippen LogP contribution is -2.17. The average molecular weight is 363 g/mol. The molecule has 0 amide bonds. The van der Waals surface area contributed by atoms with Gasteiger partial charge >= 0.3 is 11.9 Å². The molecule has 6 heteroatoms. The molecule has 0 atom stereocenters. The van der Waals surface area contributed by atoms with Gasteiger partial charge in [0, 0.05) is 0 Å². The van der Waals surface area contributed by atoms with E-state index in [0.29, 0.717) is 23.8 Å². The molecule has 0 radical (unpaired) electrons. The molecule has 2 aromatic carbocycles. The van der Waals surface area contributed by atoms with Gasteiger partial charge in [-0.15, -0.1) is 0 Å². The van der Waals surface area contributed by atoms with Crippen LogP contribution in [0.1, 0.15) is 34.1 Å². The average Bonchev–Trinajstić information content (AvgIpc) is 2.64. The summed E-state index contributed by atoms with van der Waals surface area (Å²) in [4.78, 5) is 24.2. The number of ether oxygens (including phenoxy) is 3. The van der Waals surface area contributed by atoms with Crippen LogP contribution in [0.15, 0.2) is 48.5 Å². The molecule has 2 aromatic rings. The van der Waals surface area contributed by atoms with E-state index in [1.165, 1.54) is 12.1 Å². The summed E-state index contributed by atoms with van der Waals surface area (Å²) in [6, 6.07) is 13.4. The van der Waals surface area contributed by atoms with Crippen molar-refractivity contribution in [3.8, 4) is 5.75 Å². The van der Waals surface area contributed by atoms with Crippen molar-refractivity contribution in [2.45, 2.75) is 13.3 Å². The van der Waals surface area contributed by atoms with E-state index >= 15 is 0 Å². The normalized spacial score (nSPS) is 10.2. The summed E-state index contributed by atoms with van der Waals surface area (Å²) >= 11 is 5.97. The summed E-state index contributed by atoms with van der Waals surface area (Å²) < 4.78 is 15.7. The molecule has 0 aliphatic heterocycles. The molecule has 0 aliphatic carbocycles. The van der Waals surface area contributed by atoms with Crippen molar-refractivity contribution in [2.75, 3.05) is 19.8 Å². The number of benzene rings is 2. The lowest BCUT2D eigenvalue weighted by atomic mass is 10.1. The van der Waals surface area contributed by atoms with Crippen LogP contribution in [0.3, 0.4) is 0 Å². The minimum absolute atomic E-state index is 0.0302. The second-order valence-electron chi connectivity index (χ2n) is 5.10. The van der Waals surface area contributed by atoms with E-state index in [9.17, 15) is 9.59 Å². The topological polar surface area (TPSA) is 61.8 Å². The Morgan fingerprint density at radius 1 is 0.840 bits per heavy atom. The maximum absolute atomic E-state index is 12.2. The minimum Gasteiger partial charge on any atom is -0.488 e. The third kappa shape index (κ3) is 5.50. The highest BCUT2D eigenvalue weighted by Gasteiger charge is 2.18. The highest BCUT2D eigenvalue weighted by atomic mass is 35.5. The summed E-state index contributed by atoms with van der Waals surface area (Å²) in [6.45, 7) is 2.38. The summed E-state index contributed by atoms with van der Waals surface area (Å²) in [5, 5.41) is 0.484. The second kappa shape index (κ2) is 9.69. The van der Waals surface area contributed by atoms with Crippen molar-refractivity contribution in [1.29, 1.82) is 0 Å². The standard InChI is InChI=1S/C19H19ClO5/c1-2-11-24-18(21)14-7-3-4-8-15(14)19(22)25-13-12-23-17-10-6-5-9-16(17)20/h3-10H,2,11-13H2,1H3. The Kier molecular flexibility index (Phi) is 7.29. The number of hydrogen-bond donors (Lipinski definition) is 0. The number of para-hydroxylation sites is 1. The van der Waals surface area contributed by atoms with Gasteiger partial charge in [-0.05, 0) is 30.7 Å². The number of hydrogen-bond acceptors (Lipinski definition) is 5. The first kappa shape index (κ1) is 18.8. The van der Waals surface area contributed by atoms with Crippen molar-refractivity contribution >= 4 is 23.5 Å². The number of carbonyl (C=O) groups excluding carboxylic acids is 2. The zero-order valence-electron chi connectivity index (χ0n) is 13.9. The van der Waals surface area contributed by atoms with Crippen LogP contribution < -0.4 is 4.74 Å². The maximum atomic E-state index is 12.2. The molecule has 0 saturated heterocycles. The minimum atomic E-state index is -0.605. The first-order chi connectivity index (χ1) is 12.1. The second-order valence-corrected chi connectivity index (χ2v) is 5.50. The van der Waals surface area contributed by atoms with Crippen molar-refractivity contribution < 1.29 is 23.8 Å². The van der Waals surface area contributed by atoms with Crippen LogP contribution in [0.2, 0.25) is 5.02 Å². The van der Waals surface area contributed by atoms with E-state index < -0.39 is 11.9 Å². The Morgan fingerprint density at radius 3 is 2.00 bits per heavy atom. The van der Waals surface area contributed by atoms with Crippen LogP contribution in [0.5, 0.6) is 5.75 Å². The number of halogens is 1. The van der Waals surface area contributed by atoms with E-state index in [1.807, 2.05) is 6.92 Å². The van der Waals surface area contributed by atoms with E-state index in [-0.39, 0.29) is 24.3 Å². The molecule has 2 rings (SSSR count). The molecule has 0 spiro atoms. The monoisotopic (exact) mass is 362 g/mol. The summed E-state index contributed by atoms with van der Waals surface area (Å²) in [5.41, 5.74) is 0.356. The molecular formula is C19H19ClO5. The SMILES string of the molecule is CCCOC(=O)c1ccccc1C(=O)OCCOc1ccccc1Cl. The van der Waals surface area contributed by atoms with Crippen LogP contribution in [-0.2, 0) is 9.47 Å². The van der Waals surface area contributed by atoms with E-state index in [1.54, 1.807) is 36.4 Å². The molecular weight excluding hydrogens is 344 g/mol. The van der Waals surface area contributed by atoms with Crippen molar-refractivity contribution in [3.05, 3.63) is 64.7 Å². The van der Waals surface area contributed by atoms with Crippen molar-refractivity contribution in [3.63, 3.8) is 0 Å². The molecule has 0 aromatic heterocycles. The first-order valence-corrected chi connectivity index (χ1v) is 8.32. The van der Waals surface area contributed by atoms with Crippen molar-refractivity contribution in [1.82, 2.24) is 0 Å². The third-order valence-electron chi connectivity index (χ3n) is 3.21. The van der Waals surface area contributed by atoms with Gasteiger partial charge in [-0.2, -0.15) is 0 Å². The van der Waals surface area contributed by atoms with Gasteiger partial charge in [-0.3, -0.25) is 0 Å². The zero-order chi connectivity index (χ0) is 18.1. The summed E-state index contributed by atoms with van der Waals surface area (Å²) in [6.07, 6.45) is 0.706. The molecule has 0 unspecified atom stereocenters. The summed E-state index contributed by atoms with van der Waals surface area (Å²) in [7, 11) is 0. The van der Waals surface area contributed by atoms with Gasteiger partial charge in [0.15, 0.2) is 0 Å². The molecule has 0 N–H and O–H groups in total. The van der Waals surface area contributed by atoms with Crippen molar-refractivity contribution in [2.24, 2.45) is 0 Å².